The highest BCUT2D eigenvalue weighted by Crippen LogP contribution is 2.27. The number of aryl methyl sites for hydroxylation is 2. The minimum atomic E-state index is -0.00857. The lowest BCUT2D eigenvalue weighted by Crippen LogP contribution is -2.32. The lowest BCUT2D eigenvalue weighted by molar-refractivity contribution is 0.0942. The van der Waals surface area contributed by atoms with Crippen LogP contribution in [0, 0.1) is 6.92 Å². The number of furan rings is 1. The van der Waals surface area contributed by atoms with Crippen molar-refractivity contribution in [1.29, 1.82) is 0 Å². The van der Waals surface area contributed by atoms with E-state index in [2.05, 4.69) is 21.2 Å². The molecule has 2 aromatic rings. The van der Waals surface area contributed by atoms with Crippen molar-refractivity contribution in [3.63, 3.8) is 0 Å². The molecule has 0 saturated heterocycles. The van der Waals surface area contributed by atoms with E-state index in [1.54, 1.807) is 6.26 Å². The van der Waals surface area contributed by atoms with Gasteiger partial charge in [0.2, 0.25) is 0 Å². The highest BCUT2D eigenvalue weighted by atomic mass is 79.9. The van der Waals surface area contributed by atoms with Gasteiger partial charge in [-0.05, 0) is 60.0 Å². The Kier molecular flexibility index (Phi) is 4.82. The summed E-state index contributed by atoms with van der Waals surface area (Å²) in [4.78, 5) is 12.8. The molecular formula is C14H16BrNO2S. The van der Waals surface area contributed by atoms with Crippen molar-refractivity contribution < 1.29 is 9.21 Å². The predicted molar refractivity (Wildman–Crippen MR) is 80.7 cm³/mol. The Balaban J connectivity index is 1.84. The normalized spacial score (nSPS) is 12.4. The van der Waals surface area contributed by atoms with Crippen LogP contribution in [0.15, 0.2) is 32.7 Å². The molecule has 1 unspecified atom stereocenters. The van der Waals surface area contributed by atoms with Crippen molar-refractivity contribution in [3.8, 4) is 0 Å². The molecule has 1 amide bonds. The number of rotatable bonds is 5. The maximum absolute atomic E-state index is 12.0. The molecule has 0 aliphatic heterocycles. The zero-order valence-electron chi connectivity index (χ0n) is 10.9. The summed E-state index contributed by atoms with van der Waals surface area (Å²) in [6.07, 6.45) is 3.37. The van der Waals surface area contributed by atoms with Crippen LogP contribution in [0.5, 0.6) is 0 Å². The SMILES string of the molecule is Cc1cc(C(=O)NC(C)CCc2ccco2)sc1Br. The second-order valence-electron chi connectivity index (χ2n) is 4.56. The summed E-state index contributed by atoms with van der Waals surface area (Å²) in [5.74, 6) is 0.946. The van der Waals surface area contributed by atoms with E-state index in [1.165, 1.54) is 11.3 Å². The molecule has 1 N–H and O–H groups in total. The van der Waals surface area contributed by atoms with E-state index >= 15 is 0 Å². The van der Waals surface area contributed by atoms with Crippen molar-refractivity contribution in [3.05, 3.63) is 44.4 Å². The maximum Gasteiger partial charge on any atom is 0.261 e. The summed E-state index contributed by atoms with van der Waals surface area (Å²) in [6, 6.07) is 5.86. The van der Waals surface area contributed by atoms with Crippen molar-refractivity contribution in [1.82, 2.24) is 5.32 Å². The molecule has 0 spiro atoms. The average molecular weight is 342 g/mol. The molecule has 19 heavy (non-hydrogen) atoms. The van der Waals surface area contributed by atoms with Crippen LogP contribution in [0.2, 0.25) is 0 Å². The molecule has 0 bridgehead atoms. The van der Waals surface area contributed by atoms with Crippen LogP contribution in [-0.4, -0.2) is 11.9 Å². The molecule has 2 rings (SSSR count). The molecule has 0 aliphatic carbocycles. The predicted octanol–water partition coefficient (Wildman–Crippen LogP) is 4.16. The van der Waals surface area contributed by atoms with Gasteiger partial charge in [-0.15, -0.1) is 11.3 Å². The molecule has 0 fully saturated rings. The van der Waals surface area contributed by atoms with Crippen molar-refractivity contribution in [2.24, 2.45) is 0 Å². The molecule has 5 heteroatoms. The molecule has 3 nitrogen and oxygen atoms in total. The molecule has 0 aromatic carbocycles. The van der Waals surface area contributed by atoms with Gasteiger partial charge in [0, 0.05) is 12.5 Å². The largest absolute Gasteiger partial charge is 0.469 e. The highest BCUT2D eigenvalue weighted by molar-refractivity contribution is 9.11. The van der Waals surface area contributed by atoms with E-state index in [0.717, 1.165) is 32.8 Å². The topological polar surface area (TPSA) is 42.2 Å². The van der Waals surface area contributed by atoms with Gasteiger partial charge >= 0.3 is 0 Å². The highest BCUT2D eigenvalue weighted by Gasteiger charge is 2.13. The van der Waals surface area contributed by atoms with Gasteiger partial charge in [0.25, 0.3) is 5.91 Å². The maximum atomic E-state index is 12.0. The number of thiophene rings is 1. The van der Waals surface area contributed by atoms with Crippen molar-refractivity contribution >= 4 is 33.2 Å². The fourth-order valence-electron chi connectivity index (χ4n) is 1.75. The van der Waals surface area contributed by atoms with Gasteiger partial charge < -0.3 is 9.73 Å². The second-order valence-corrected chi connectivity index (χ2v) is 6.93. The monoisotopic (exact) mass is 341 g/mol. The molecule has 0 aliphatic rings. The summed E-state index contributed by atoms with van der Waals surface area (Å²) in [5.41, 5.74) is 1.10. The van der Waals surface area contributed by atoms with Crippen LogP contribution in [0.1, 0.15) is 34.3 Å². The number of carbonyl (C=O) groups is 1. The molecule has 0 saturated carbocycles. The lowest BCUT2D eigenvalue weighted by Gasteiger charge is -2.12. The zero-order valence-corrected chi connectivity index (χ0v) is 13.3. The number of nitrogens with one attached hydrogen (secondary N) is 1. The van der Waals surface area contributed by atoms with Crippen LogP contribution >= 0.6 is 27.3 Å². The third-order valence-electron chi connectivity index (χ3n) is 2.86. The van der Waals surface area contributed by atoms with Gasteiger partial charge in [0.05, 0.1) is 14.9 Å². The van der Waals surface area contributed by atoms with E-state index in [4.69, 9.17) is 4.42 Å². The van der Waals surface area contributed by atoms with E-state index in [1.807, 2.05) is 32.0 Å². The first kappa shape index (κ1) is 14.3. The Morgan fingerprint density at radius 2 is 2.37 bits per heavy atom. The Hall–Kier alpha value is -1.07. The van der Waals surface area contributed by atoms with Gasteiger partial charge in [-0.2, -0.15) is 0 Å². The number of carbonyl (C=O) groups excluding carboxylic acids is 1. The van der Waals surface area contributed by atoms with Gasteiger partial charge in [0.1, 0.15) is 5.76 Å². The molecule has 102 valence electrons. The van der Waals surface area contributed by atoms with E-state index in [0.29, 0.717) is 0 Å². The van der Waals surface area contributed by atoms with Gasteiger partial charge in [-0.3, -0.25) is 4.79 Å². The second kappa shape index (κ2) is 6.39. The van der Waals surface area contributed by atoms with Crippen molar-refractivity contribution in [2.45, 2.75) is 32.7 Å². The van der Waals surface area contributed by atoms with Crippen LogP contribution < -0.4 is 5.32 Å². The average Bonchev–Trinajstić information content (AvgIpc) is 2.98. The van der Waals surface area contributed by atoms with Crippen molar-refractivity contribution in [2.75, 3.05) is 0 Å². The minimum Gasteiger partial charge on any atom is -0.469 e. The van der Waals surface area contributed by atoms with Gasteiger partial charge in [-0.1, -0.05) is 0 Å². The summed E-state index contributed by atoms with van der Waals surface area (Å²) >= 11 is 4.90. The number of hydrogen-bond acceptors (Lipinski definition) is 3. The third kappa shape index (κ3) is 3.94. The van der Waals surface area contributed by atoms with Crippen LogP contribution in [0.25, 0.3) is 0 Å². The van der Waals surface area contributed by atoms with Gasteiger partial charge in [-0.25, -0.2) is 0 Å². The minimum absolute atomic E-state index is 0.00857. The third-order valence-corrected chi connectivity index (χ3v) is 5.00. The first-order valence-corrected chi connectivity index (χ1v) is 7.76. The zero-order chi connectivity index (χ0) is 13.8. The van der Waals surface area contributed by atoms with Crippen LogP contribution in [0.4, 0.5) is 0 Å². The molecular weight excluding hydrogens is 326 g/mol. The summed E-state index contributed by atoms with van der Waals surface area (Å²) < 4.78 is 6.29. The summed E-state index contributed by atoms with van der Waals surface area (Å²) in [6.45, 7) is 3.99. The molecule has 2 aromatic heterocycles. The summed E-state index contributed by atoms with van der Waals surface area (Å²) in [5, 5.41) is 3.01. The number of amides is 1. The van der Waals surface area contributed by atoms with Crippen LogP contribution in [0.3, 0.4) is 0 Å². The Morgan fingerprint density at radius 3 is 2.95 bits per heavy atom. The standard InChI is InChI=1S/C14H16BrNO2S/c1-9-8-12(19-13(9)15)14(17)16-10(2)5-6-11-4-3-7-18-11/h3-4,7-8,10H,5-6H2,1-2H3,(H,16,17). The lowest BCUT2D eigenvalue weighted by atomic mass is 10.1. The fourth-order valence-corrected chi connectivity index (χ4v) is 3.19. The Labute approximate surface area is 125 Å². The van der Waals surface area contributed by atoms with Gasteiger partial charge in [0.15, 0.2) is 0 Å². The van der Waals surface area contributed by atoms with E-state index < -0.39 is 0 Å². The molecule has 0 radical (unpaired) electrons. The first-order valence-electron chi connectivity index (χ1n) is 6.15. The van der Waals surface area contributed by atoms with Crippen LogP contribution in [-0.2, 0) is 6.42 Å². The smallest absolute Gasteiger partial charge is 0.261 e. The Morgan fingerprint density at radius 1 is 1.58 bits per heavy atom. The quantitative estimate of drug-likeness (QED) is 0.886. The van der Waals surface area contributed by atoms with E-state index in [-0.39, 0.29) is 11.9 Å². The molecule has 1 atom stereocenters. The number of halogens is 1. The molecule has 2 heterocycles. The fraction of sp³-hybridized carbons (Fsp3) is 0.357. The number of hydrogen-bond donors (Lipinski definition) is 1. The first-order chi connectivity index (χ1) is 9.06. The van der Waals surface area contributed by atoms with E-state index in [9.17, 15) is 4.79 Å². The summed E-state index contributed by atoms with van der Waals surface area (Å²) in [7, 11) is 0. The Bertz CT molecular complexity index is 528.